The predicted molar refractivity (Wildman–Crippen MR) is 65.1 cm³/mol. The molecule has 0 aliphatic heterocycles. The predicted octanol–water partition coefficient (Wildman–Crippen LogP) is 3.54. The summed E-state index contributed by atoms with van der Waals surface area (Å²) in [6, 6.07) is 5.69. The van der Waals surface area contributed by atoms with Crippen LogP contribution in [0.25, 0.3) is 0 Å². The molecule has 0 spiro atoms. The maximum atomic E-state index is 10.1. The number of ether oxygens (including phenoxy) is 1. The maximum Gasteiger partial charge on any atom is 0.124 e. The first-order chi connectivity index (χ1) is 7.10. The third-order valence-corrected chi connectivity index (χ3v) is 3.19. The highest BCUT2D eigenvalue weighted by molar-refractivity contribution is 9.10. The molecule has 0 fully saturated rings. The molecule has 0 aliphatic rings. The quantitative estimate of drug-likeness (QED) is 0.909. The summed E-state index contributed by atoms with van der Waals surface area (Å²) in [5.41, 5.74) is 0.848. The van der Waals surface area contributed by atoms with Crippen molar-refractivity contribution in [3.63, 3.8) is 0 Å². The van der Waals surface area contributed by atoms with Gasteiger partial charge in [-0.1, -0.05) is 36.2 Å². The first kappa shape index (κ1) is 12.5. The Morgan fingerprint density at radius 2 is 2.13 bits per heavy atom. The molecule has 1 aromatic carbocycles. The Balaban J connectivity index is 3.05. The summed E-state index contributed by atoms with van der Waals surface area (Å²) >= 11 is 3.40. The van der Waals surface area contributed by atoms with Gasteiger partial charge in [-0.25, -0.2) is 0 Å². The number of aliphatic hydroxyl groups is 1. The van der Waals surface area contributed by atoms with Gasteiger partial charge in [0.1, 0.15) is 5.75 Å². The topological polar surface area (TPSA) is 29.5 Å². The lowest BCUT2D eigenvalue weighted by Gasteiger charge is -2.20. The molecular formula is C12H17BrO2. The molecule has 0 saturated heterocycles. The van der Waals surface area contributed by atoms with Crippen molar-refractivity contribution < 1.29 is 9.84 Å². The van der Waals surface area contributed by atoms with Gasteiger partial charge in [0, 0.05) is 10.0 Å². The summed E-state index contributed by atoms with van der Waals surface area (Å²) in [6.45, 7) is 4.10. The van der Waals surface area contributed by atoms with Crippen molar-refractivity contribution in [2.24, 2.45) is 5.92 Å². The Morgan fingerprint density at radius 3 is 2.67 bits per heavy atom. The smallest absolute Gasteiger partial charge is 0.124 e. The van der Waals surface area contributed by atoms with Crippen molar-refractivity contribution in [2.45, 2.75) is 26.4 Å². The summed E-state index contributed by atoms with van der Waals surface area (Å²) in [7, 11) is 1.62. The molecule has 0 heterocycles. The van der Waals surface area contributed by atoms with E-state index in [2.05, 4.69) is 22.9 Å². The van der Waals surface area contributed by atoms with E-state index in [0.29, 0.717) is 0 Å². The first-order valence-corrected chi connectivity index (χ1v) is 5.91. The van der Waals surface area contributed by atoms with Gasteiger partial charge < -0.3 is 9.84 Å². The fourth-order valence-electron chi connectivity index (χ4n) is 1.47. The lowest BCUT2D eigenvalue weighted by atomic mass is 9.95. The SMILES string of the molecule is CCC(C)C(O)c1cc(Br)ccc1OC. The Morgan fingerprint density at radius 1 is 1.47 bits per heavy atom. The minimum absolute atomic E-state index is 0.230. The third-order valence-electron chi connectivity index (χ3n) is 2.69. The molecule has 0 bridgehead atoms. The zero-order chi connectivity index (χ0) is 11.4. The fraction of sp³-hybridized carbons (Fsp3) is 0.500. The van der Waals surface area contributed by atoms with Crippen molar-refractivity contribution in [2.75, 3.05) is 7.11 Å². The number of methoxy groups -OCH3 is 1. The molecule has 84 valence electrons. The van der Waals surface area contributed by atoms with Gasteiger partial charge in [-0.2, -0.15) is 0 Å². The van der Waals surface area contributed by atoms with E-state index in [9.17, 15) is 5.11 Å². The fourth-order valence-corrected chi connectivity index (χ4v) is 1.84. The number of hydrogen-bond acceptors (Lipinski definition) is 2. The van der Waals surface area contributed by atoms with Crippen LogP contribution in [0, 0.1) is 5.92 Å². The van der Waals surface area contributed by atoms with Crippen molar-refractivity contribution in [3.8, 4) is 5.75 Å². The van der Waals surface area contributed by atoms with Crippen molar-refractivity contribution >= 4 is 15.9 Å². The minimum Gasteiger partial charge on any atom is -0.496 e. The van der Waals surface area contributed by atoms with Crippen LogP contribution < -0.4 is 4.74 Å². The zero-order valence-electron chi connectivity index (χ0n) is 9.33. The van der Waals surface area contributed by atoms with Gasteiger partial charge in [0.2, 0.25) is 0 Å². The highest BCUT2D eigenvalue weighted by Gasteiger charge is 2.18. The van der Waals surface area contributed by atoms with Crippen molar-refractivity contribution in [1.29, 1.82) is 0 Å². The van der Waals surface area contributed by atoms with E-state index in [-0.39, 0.29) is 5.92 Å². The van der Waals surface area contributed by atoms with Crippen LogP contribution in [0.15, 0.2) is 22.7 Å². The third kappa shape index (κ3) is 2.95. The van der Waals surface area contributed by atoms with E-state index < -0.39 is 6.10 Å². The van der Waals surface area contributed by atoms with Crippen molar-refractivity contribution in [3.05, 3.63) is 28.2 Å². The molecule has 0 aliphatic carbocycles. The second-order valence-electron chi connectivity index (χ2n) is 3.72. The van der Waals surface area contributed by atoms with E-state index in [1.54, 1.807) is 7.11 Å². The number of rotatable bonds is 4. The van der Waals surface area contributed by atoms with Crippen LogP contribution in [0.2, 0.25) is 0 Å². The summed E-state index contributed by atoms with van der Waals surface area (Å²) in [5.74, 6) is 0.971. The minimum atomic E-state index is -0.470. The van der Waals surface area contributed by atoms with Crippen LogP contribution in [-0.2, 0) is 0 Å². The average molecular weight is 273 g/mol. The zero-order valence-corrected chi connectivity index (χ0v) is 10.9. The molecule has 0 aromatic heterocycles. The summed E-state index contributed by atoms with van der Waals surface area (Å²) < 4.78 is 6.19. The summed E-state index contributed by atoms with van der Waals surface area (Å²) in [6.07, 6.45) is 0.471. The average Bonchev–Trinajstić information content (AvgIpc) is 2.27. The largest absolute Gasteiger partial charge is 0.496 e. The number of benzene rings is 1. The molecular weight excluding hydrogens is 256 g/mol. The number of aliphatic hydroxyl groups excluding tert-OH is 1. The second kappa shape index (κ2) is 5.52. The van der Waals surface area contributed by atoms with Gasteiger partial charge in [-0.3, -0.25) is 0 Å². The molecule has 15 heavy (non-hydrogen) atoms. The molecule has 1 aromatic rings. The Hall–Kier alpha value is -0.540. The molecule has 0 amide bonds. The Bertz CT molecular complexity index is 325. The van der Waals surface area contributed by atoms with E-state index in [1.165, 1.54) is 0 Å². The van der Waals surface area contributed by atoms with Crippen LogP contribution in [0.4, 0.5) is 0 Å². The van der Waals surface area contributed by atoms with Gasteiger partial charge >= 0.3 is 0 Å². The Kier molecular flexibility index (Phi) is 4.61. The molecule has 2 nitrogen and oxygen atoms in total. The summed E-state index contributed by atoms with van der Waals surface area (Å²) in [4.78, 5) is 0. The van der Waals surface area contributed by atoms with Crippen LogP contribution in [-0.4, -0.2) is 12.2 Å². The van der Waals surface area contributed by atoms with Crippen molar-refractivity contribution in [1.82, 2.24) is 0 Å². The van der Waals surface area contributed by atoms with E-state index in [0.717, 1.165) is 22.2 Å². The number of halogens is 1. The number of hydrogen-bond donors (Lipinski definition) is 1. The van der Waals surface area contributed by atoms with Gasteiger partial charge in [-0.15, -0.1) is 0 Å². The highest BCUT2D eigenvalue weighted by Crippen LogP contribution is 2.33. The highest BCUT2D eigenvalue weighted by atomic mass is 79.9. The maximum absolute atomic E-state index is 10.1. The molecule has 0 radical (unpaired) electrons. The lowest BCUT2D eigenvalue weighted by molar-refractivity contribution is 0.112. The van der Waals surface area contributed by atoms with E-state index in [4.69, 9.17) is 4.74 Å². The van der Waals surface area contributed by atoms with E-state index in [1.807, 2.05) is 25.1 Å². The molecule has 3 heteroatoms. The van der Waals surface area contributed by atoms with E-state index >= 15 is 0 Å². The normalized spacial score (nSPS) is 14.7. The lowest BCUT2D eigenvalue weighted by Crippen LogP contribution is -2.09. The monoisotopic (exact) mass is 272 g/mol. The molecule has 2 atom stereocenters. The van der Waals surface area contributed by atoms with Gasteiger partial charge in [0.05, 0.1) is 13.2 Å². The van der Waals surface area contributed by atoms with Crippen LogP contribution in [0.5, 0.6) is 5.75 Å². The van der Waals surface area contributed by atoms with Gasteiger partial charge in [0.15, 0.2) is 0 Å². The van der Waals surface area contributed by atoms with Crippen LogP contribution in [0.3, 0.4) is 0 Å². The molecule has 1 N–H and O–H groups in total. The molecule has 0 saturated carbocycles. The molecule has 2 unspecified atom stereocenters. The van der Waals surface area contributed by atoms with Crippen LogP contribution in [0.1, 0.15) is 31.9 Å². The summed E-state index contributed by atoms with van der Waals surface area (Å²) in [5, 5.41) is 10.1. The van der Waals surface area contributed by atoms with Gasteiger partial charge in [-0.05, 0) is 24.1 Å². The standard InChI is InChI=1S/C12H17BrO2/c1-4-8(2)12(14)10-7-9(13)5-6-11(10)15-3/h5-8,12,14H,4H2,1-3H3. The second-order valence-corrected chi connectivity index (χ2v) is 4.63. The first-order valence-electron chi connectivity index (χ1n) is 5.11. The van der Waals surface area contributed by atoms with Crippen LogP contribution >= 0.6 is 15.9 Å². The Labute approximate surface area is 99.4 Å². The van der Waals surface area contributed by atoms with Gasteiger partial charge in [0.25, 0.3) is 0 Å². The molecule has 1 rings (SSSR count).